The van der Waals surface area contributed by atoms with Gasteiger partial charge in [-0.25, -0.2) is 8.42 Å². The van der Waals surface area contributed by atoms with Gasteiger partial charge in [0.25, 0.3) is 0 Å². The van der Waals surface area contributed by atoms with E-state index >= 15 is 0 Å². The number of sulfonamides is 1. The van der Waals surface area contributed by atoms with Gasteiger partial charge in [-0.1, -0.05) is 13.3 Å². The van der Waals surface area contributed by atoms with E-state index < -0.39 is 15.6 Å². The fourth-order valence-electron chi connectivity index (χ4n) is 2.36. The van der Waals surface area contributed by atoms with Crippen LogP contribution < -0.4 is 5.73 Å². The number of anilines is 1. The zero-order valence-corrected chi connectivity index (χ0v) is 12.1. The Labute approximate surface area is 114 Å². The molecule has 19 heavy (non-hydrogen) atoms. The molecule has 1 aliphatic heterocycles. The van der Waals surface area contributed by atoms with Crippen molar-refractivity contribution in [1.29, 1.82) is 0 Å². The molecule has 5 nitrogen and oxygen atoms in total. The molecule has 1 saturated heterocycles. The molecule has 1 heterocycles. The summed E-state index contributed by atoms with van der Waals surface area (Å²) in [6.07, 6.45) is 1.46. The Balaban J connectivity index is 2.19. The molecule has 1 aromatic carbocycles. The molecule has 0 spiro atoms. The first kappa shape index (κ1) is 14.3. The van der Waals surface area contributed by atoms with E-state index in [0.29, 0.717) is 12.1 Å². The molecule has 0 unspecified atom stereocenters. The molecule has 6 heteroatoms. The lowest BCUT2D eigenvalue weighted by atomic mass is 9.92. The Hall–Kier alpha value is -1.11. The van der Waals surface area contributed by atoms with Crippen LogP contribution in [0.2, 0.25) is 0 Å². The van der Waals surface area contributed by atoms with Gasteiger partial charge in [0.1, 0.15) is 0 Å². The normalized spacial score (nSPS) is 19.1. The van der Waals surface area contributed by atoms with Gasteiger partial charge in [-0.15, -0.1) is 0 Å². The number of nitrogens with zero attached hydrogens (tertiary/aromatic N) is 1. The molecule has 2 rings (SSSR count). The van der Waals surface area contributed by atoms with E-state index in [2.05, 4.69) is 0 Å². The number of nitrogen functional groups attached to an aromatic ring is 1. The molecule has 0 radical (unpaired) electrons. The molecule has 0 amide bonds. The standard InChI is InChI=1S/C13H20N2O3S/c1-3-6-13(16)8-15(9-13)19(17,18)11-4-5-12(14)10(2)7-11/h4-5,7,16H,3,6,8-9,14H2,1-2H3. The molecule has 0 bridgehead atoms. The second kappa shape index (κ2) is 4.77. The van der Waals surface area contributed by atoms with Crippen molar-refractivity contribution in [3.8, 4) is 0 Å². The highest BCUT2D eigenvalue weighted by molar-refractivity contribution is 7.89. The van der Waals surface area contributed by atoms with Crippen molar-refractivity contribution in [1.82, 2.24) is 4.31 Å². The lowest BCUT2D eigenvalue weighted by molar-refractivity contribution is -0.0653. The summed E-state index contributed by atoms with van der Waals surface area (Å²) in [5.41, 5.74) is 6.15. The zero-order valence-electron chi connectivity index (χ0n) is 11.3. The molecule has 0 aliphatic carbocycles. The molecule has 3 N–H and O–H groups in total. The van der Waals surface area contributed by atoms with Crippen LogP contribution in [-0.2, 0) is 10.0 Å². The molecular weight excluding hydrogens is 264 g/mol. The van der Waals surface area contributed by atoms with Crippen LogP contribution in [0.4, 0.5) is 5.69 Å². The van der Waals surface area contributed by atoms with E-state index in [-0.39, 0.29) is 18.0 Å². The first-order valence-corrected chi connectivity index (χ1v) is 7.81. The van der Waals surface area contributed by atoms with E-state index in [1.165, 1.54) is 10.4 Å². The lowest BCUT2D eigenvalue weighted by Gasteiger charge is -2.45. The van der Waals surface area contributed by atoms with E-state index in [4.69, 9.17) is 5.73 Å². The number of aryl methyl sites for hydroxylation is 1. The van der Waals surface area contributed by atoms with E-state index in [0.717, 1.165) is 12.0 Å². The van der Waals surface area contributed by atoms with Gasteiger partial charge >= 0.3 is 0 Å². The van der Waals surface area contributed by atoms with Gasteiger partial charge in [-0.2, -0.15) is 4.31 Å². The summed E-state index contributed by atoms with van der Waals surface area (Å²) in [7, 11) is -3.51. The van der Waals surface area contributed by atoms with Crippen molar-refractivity contribution in [2.75, 3.05) is 18.8 Å². The molecule has 1 fully saturated rings. The Morgan fingerprint density at radius 1 is 1.42 bits per heavy atom. The molecule has 1 aromatic rings. The van der Waals surface area contributed by atoms with Crippen LogP contribution in [0.1, 0.15) is 25.3 Å². The third-order valence-corrected chi connectivity index (χ3v) is 5.32. The SMILES string of the molecule is CCCC1(O)CN(S(=O)(=O)c2ccc(N)c(C)c2)C1. The molecule has 106 valence electrons. The minimum absolute atomic E-state index is 0.173. The van der Waals surface area contributed by atoms with Gasteiger partial charge in [0, 0.05) is 18.8 Å². The highest BCUT2D eigenvalue weighted by Crippen LogP contribution is 2.31. The van der Waals surface area contributed by atoms with Crippen molar-refractivity contribution in [3.63, 3.8) is 0 Å². The fraction of sp³-hybridized carbons (Fsp3) is 0.538. The molecule has 1 aliphatic rings. The number of hydrogen-bond acceptors (Lipinski definition) is 4. The predicted octanol–water partition coefficient (Wildman–Crippen LogP) is 1.11. The molecule has 0 aromatic heterocycles. The zero-order chi connectivity index (χ0) is 14.3. The summed E-state index contributed by atoms with van der Waals surface area (Å²) in [4.78, 5) is 0.234. The van der Waals surface area contributed by atoms with Crippen LogP contribution in [0, 0.1) is 6.92 Å². The summed E-state index contributed by atoms with van der Waals surface area (Å²) in [5, 5.41) is 10.1. The Morgan fingerprint density at radius 3 is 2.58 bits per heavy atom. The van der Waals surface area contributed by atoms with Gasteiger partial charge in [0.2, 0.25) is 10.0 Å². The summed E-state index contributed by atoms with van der Waals surface area (Å²) in [6, 6.07) is 4.68. The van der Waals surface area contributed by atoms with Crippen molar-refractivity contribution in [3.05, 3.63) is 23.8 Å². The minimum Gasteiger partial charge on any atom is -0.399 e. The van der Waals surface area contributed by atoms with Crippen molar-refractivity contribution in [2.45, 2.75) is 37.2 Å². The van der Waals surface area contributed by atoms with Gasteiger partial charge in [-0.3, -0.25) is 0 Å². The topological polar surface area (TPSA) is 83.6 Å². The first-order valence-electron chi connectivity index (χ1n) is 6.37. The van der Waals surface area contributed by atoms with Gasteiger partial charge in [-0.05, 0) is 37.1 Å². The Morgan fingerprint density at radius 2 is 2.05 bits per heavy atom. The third-order valence-electron chi connectivity index (χ3n) is 3.54. The summed E-state index contributed by atoms with van der Waals surface area (Å²) in [5.74, 6) is 0. The van der Waals surface area contributed by atoms with Crippen LogP contribution in [0.15, 0.2) is 23.1 Å². The fourth-order valence-corrected chi connectivity index (χ4v) is 4.05. The van der Waals surface area contributed by atoms with Gasteiger partial charge < -0.3 is 10.8 Å². The van der Waals surface area contributed by atoms with E-state index in [9.17, 15) is 13.5 Å². The lowest BCUT2D eigenvalue weighted by Crippen LogP contribution is -2.63. The molecule has 0 atom stereocenters. The number of nitrogens with two attached hydrogens (primary N) is 1. The van der Waals surface area contributed by atoms with Crippen molar-refractivity contribution in [2.24, 2.45) is 0 Å². The van der Waals surface area contributed by atoms with Crippen LogP contribution in [0.25, 0.3) is 0 Å². The monoisotopic (exact) mass is 284 g/mol. The highest BCUT2D eigenvalue weighted by Gasteiger charge is 2.46. The number of benzene rings is 1. The minimum atomic E-state index is -3.51. The highest BCUT2D eigenvalue weighted by atomic mass is 32.2. The van der Waals surface area contributed by atoms with Crippen molar-refractivity contribution >= 4 is 15.7 Å². The van der Waals surface area contributed by atoms with Gasteiger partial charge in [0.05, 0.1) is 10.5 Å². The van der Waals surface area contributed by atoms with Crippen molar-refractivity contribution < 1.29 is 13.5 Å². The maximum Gasteiger partial charge on any atom is 0.243 e. The van der Waals surface area contributed by atoms with E-state index in [1.54, 1.807) is 19.1 Å². The van der Waals surface area contributed by atoms with Crippen LogP contribution in [0.5, 0.6) is 0 Å². The largest absolute Gasteiger partial charge is 0.399 e. The van der Waals surface area contributed by atoms with Crippen LogP contribution in [0.3, 0.4) is 0 Å². The predicted molar refractivity (Wildman–Crippen MR) is 74.2 cm³/mol. The summed E-state index contributed by atoms with van der Waals surface area (Å²) < 4.78 is 26.0. The van der Waals surface area contributed by atoms with Crippen LogP contribution in [-0.4, -0.2) is 36.5 Å². The summed E-state index contributed by atoms with van der Waals surface area (Å²) in [6.45, 7) is 4.09. The smallest absolute Gasteiger partial charge is 0.243 e. The maximum absolute atomic E-state index is 12.3. The van der Waals surface area contributed by atoms with Gasteiger partial charge in [0.15, 0.2) is 0 Å². The third kappa shape index (κ3) is 2.61. The quantitative estimate of drug-likeness (QED) is 0.811. The average Bonchev–Trinajstić information content (AvgIpc) is 2.29. The van der Waals surface area contributed by atoms with Crippen LogP contribution >= 0.6 is 0 Å². The number of aliphatic hydroxyl groups is 1. The molecular formula is C13H20N2O3S. The number of β-amino-alcohol motifs (C(OH)–C–C–N with tert-alkyl or cyclic N) is 1. The Kier molecular flexibility index (Phi) is 3.59. The Bertz CT molecular complexity index is 578. The second-order valence-electron chi connectivity index (χ2n) is 5.27. The first-order chi connectivity index (χ1) is 8.78. The second-order valence-corrected chi connectivity index (χ2v) is 7.20. The average molecular weight is 284 g/mol. The molecule has 0 saturated carbocycles. The van der Waals surface area contributed by atoms with E-state index in [1.807, 2.05) is 6.92 Å². The maximum atomic E-state index is 12.3. The summed E-state index contributed by atoms with van der Waals surface area (Å²) >= 11 is 0. The number of rotatable bonds is 4. The number of hydrogen-bond donors (Lipinski definition) is 2.